The lowest BCUT2D eigenvalue weighted by atomic mass is 9.98. The molecule has 0 radical (unpaired) electrons. The molecule has 12 heteroatoms. The van der Waals surface area contributed by atoms with Gasteiger partial charge in [-0.05, 0) is 96.3 Å². The van der Waals surface area contributed by atoms with Crippen molar-refractivity contribution in [1.82, 2.24) is 0 Å². The predicted molar refractivity (Wildman–Crippen MR) is 312 cm³/mol. The average molecular weight is 1080 g/mol. The van der Waals surface area contributed by atoms with Crippen LogP contribution in [0.3, 0.4) is 0 Å². The van der Waals surface area contributed by atoms with Crippen LogP contribution >= 0.6 is 0 Å². The Morgan fingerprint density at radius 2 is 0.844 bits per heavy atom. The molecule has 6 atom stereocenters. The minimum atomic E-state index is -1.93. The molecule has 77 heavy (non-hydrogen) atoms. The highest BCUT2D eigenvalue weighted by atomic mass is 16.7. The Bertz CT molecular complexity index is 1800. The van der Waals surface area contributed by atoms with E-state index < -0.39 is 67.3 Å². The van der Waals surface area contributed by atoms with Crippen LogP contribution in [0.15, 0.2) is 122 Å². The summed E-state index contributed by atoms with van der Waals surface area (Å²) < 4.78 is 28.3. The van der Waals surface area contributed by atoms with Crippen molar-refractivity contribution < 1.29 is 58.2 Å². The Morgan fingerprint density at radius 1 is 0.442 bits per heavy atom. The third-order valence-corrected chi connectivity index (χ3v) is 12.5. The van der Waals surface area contributed by atoms with Crippen LogP contribution in [-0.4, -0.2) is 89.2 Å². The van der Waals surface area contributed by atoms with E-state index in [1.54, 1.807) is 0 Å². The fourth-order valence-corrected chi connectivity index (χ4v) is 8.09. The Kier molecular flexibility index (Phi) is 47.2. The summed E-state index contributed by atoms with van der Waals surface area (Å²) in [4.78, 5) is 51.1. The van der Waals surface area contributed by atoms with E-state index in [0.29, 0.717) is 25.7 Å². The van der Waals surface area contributed by atoms with Gasteiger partial charge < -0.3 is 39.0 Å². The first-order valence-electron chi connectivity index (χ1n) is 29.5. The largest absolute Gasteiger partial charge is 0.479 e. The first-order chi connectivity index (χ1) is 37.6. The topological polar surface area (TPSA) is 175 Å². The van der Waals surface area contributed by atoms with Gasteiger partial charge in [0.25, 0.3) is 0 Å². The van der Waals surface area contributed by atoms with Gasteiger partial charge in [0.15, 0.2) is 24.6 Å². The maximum absolute atomic E-state index is 13.1. The van der Waals surface area contributed by atoms with Gasteiger partial charge in [-0.25, -0.2) is 4.79 Å². The second kappa shape index (κ2) is 51.9. The molecule has 3 N–H and O–H groups in total. The maximum atomic E-state index is 13.1. The molecule has 12 nitrogen and oxygen atoms in total. The number of unbranched alkanes of at least 4 members (excludes halogenated alkanes) is 14. The molecule has 434 valence electrons. The second-order valence-corrected chi connectivity index (χ2v) is 19.5. The first-order valence-corrected chi connectivity index (χ1v) is 29.5. The molecular weight excluding hydrogens is 973 g/mol. The Morgan fingerprint density at radius 3 is 1.30 bits per heavy atom. The van der Waals surface area contributed by atoms with Crippen molar-refractivity contribution >= 4 is 23.9 Å². The summed E-state index contributed by atoms with van der Waals surface area (Å²) in [6, 6.07) is 0. The summed E-state index contributed by atoms with van der Waals surface area (Å²) in [7, 11) is 0. The van der Waals surface area contributed by atoms with Crippen LogP contribution in [0.25, 0.3) is 0 Å². The van der Waals surface area contributed by atoms with Gasteiger partial charge in [0.1, 0.15) is 18.8 Å². The van der Waals surface area contributed by atoms with E-state index in [-0.39, 0.29) is 25.9 Å². The summed E-state index contributed by atoms with van der Waals surface area (Å²) in [6.07, 6.45) is 59.0. The van der Waals surface area contributed by atoms with Gasteiger partial charge in [0, 0.05) is 19.3 Å². The Balaban J connectivity index is 2.76. The SMILES string of the molecule is CC/C=C\C/C=C\C/C=C\C/C=C\C/C=C\C/C=C\CCC(=O)OCC(COC1OC(C(=O)O)C(O)C(O)C1OC(=O)CCCC/C=C\C/C=C\C/C=C\C/C=C\CC)OC(=O)CCCCCCCCCCCCCCC. The van der Waals surface area contributed by atoms with Gasteiger partial charge >= 0.3 is 23.9 Å². The zero-order valence-electron chi connectivity index (χ0n) is 47.7. The summed E-state index contributed by atoms with van der Waals surface area (Å²) in [5, 5.41) is 31.5. The summed E-state index contributed by atoms with van der Waals surface area (Å²) in [6.45, 7) is 5.67. The minimum absolute atomic E-state index is 0.00410. The Labute approximate surface area is 465 Å². The average Bonchev–Trinajstić information content (AvgIpc) is 3.42. The molecule has 1 fully saturated rings. The number of hydrogen-bond acceptors (Lipinski definition) is 11. The van der Waals surface area contributed by atoms with Gasteiger partial charge in [0.2, 0.25) is 0 Å². The Hall–Kier alpha value is -4.88. The van der Waals surface area contributed by atoms with Crippen LogP contribution < -0.4 is 0 Å². The lowest BCUT2D eigenvalue weighted by Gasteiger charge is -2.40. The van der Waals surface area contributed by atoms with Crippen LogP contribution in [0, 0.1) is 0 Å². The van der Waals surface area contributed by atoms with Crippen molar-refractivity contribution in [3.05, 3.63) is 122 Å². The fraction of sp³-hybridized carbons (Fsp3) is 0.631. The highest BCUT2D eigenvalue weighted by Gasteiger charge is 2.50. The number of aliphatic carboxylic acids is 1. The number of hydrogen-bond donors (Lipinski definition) is 3. The van der Waals surface area contributed by atoms with Gasteiger partial charge in [-0.1, -0.05) is 219 Å². The molecule has 0 aliphatic carbocycles. The predicted octanol–water partition coefficient (Wildman–Crippen LogP) is 15.2. The summed E-state index contributed by atoms with van der Waals surface area (Å²) >= 11 is 0. The zero-order valence-corrected chi connectivity index (χ0v) is 47.7. The van der Waals surface area contributed by atoms with Crippen molar-refractivity contribution in [2.24, 2.45) is 0 Å². The molecule has 1 aliphatic rings. The van der Waals surface area contributed by atoms with Gasteiger partial charge in [-0.2, -0.15) is 0 Å². The van der Waals surface area contributed by atoms with Crippen molar-refractivity contribution in [3.63, 3.8) is 0 Å². The molecule has 0 saturated carbocycles. The molecule has 0 aromatic heterocycles. The van der Waals surface area contributed by atoms with E-state index in [1.165, 1.54) is 57.8 Å². The number of carbonyl (C=O) groups excluding carboxylic acids is 3. The maximum Gasteiger partial charge on any atom is 0.335 e. The third kappa shape index (κ3) is 41.8. The van der Waals surface area contributed by atoms with E-state index in [0.717, 1.165) is 89.9 Å². The molecular formula is C65H102O12. The molecule has 6 unspecified atom stereocenters. The highest BCUT2D eigenvalue weighted by Crippen LogP contribution is 2.26. The van der Waals surface area contributed by atoms with Gasteiger partial charge in [0.05, 0.1) is 6.61 Å². The van der Waals surface area contributed by atoms with Gasteiger partial charge in [-0.15, -0.1) is 0 Å². The second-order valence-electron chi connectivity index (χ2n) is 19.5. The van der Waals surface area contributed by atoms with E-state index >= 15 is 0 Å². The molecule has 1 saturated heterocycles. The van der Waals surface area contributed by atoms with Crippen molar-refractivity contribution in [3.8, 4) is 0 Å². The molecule has 0 spiro atoms. The van der Waals surface area contributed by atoms with Crippen LogP contribution in [0.2, 0.25) is 0 Å². The number of allylic oxidation sites excluding steroid dienone is 20. The van der Waals surface area contributed by atoms with E-state index in [1.807, 2.05) is 12.2 Å². The lowest BCUT2D eigenvalue weighted by Crippen LogP contribution is -2.61. The van der Waals surface area contributed by atoms with Crippen molar-refractivity contribution in [2.45, 2.75) is 250 Å². The van der Waals surface area contributed by atoms with E-state index in [9.17, 15) is 34.5 Å². The molecule has 0 bridgehead atoms. The smallest absolute Gasteiger partial charge is 0.335 e. The normalized spacial score (nSPS) is 18.9. The van der Waals surface area contributed by atoms with E-state index in [4.69, 9.17) is 23.7 Å². The van der Waals surface area contributed by atoms with Crippen LogP contribution in [-0.2, 0) is 42.9 Å². The van der Waals surface area contributed by atoms with Crippen molar-refractivity contribution in [2.75, 3.05) is 13.2 Å². The van der Waals surface area contributed by atoms with E-state index in [2.05, 4.69) is 130 Å². The monoisotopic (exact) mass is 1070 g/mol. The molecule has 0 aromatic carbocycles. The number of ether oxygens (including phenoxy) is 5. The minimum Gasteiger partial charge on any atom is -0.479 e. The third-order valence-electron chi connectivity index (χ3n) is 12.5. The lowest BCUT2D eigenvalue weighted by molar-refractivity contribution is -0.301. The highest BCUT2D eigenvalue weighted by molar-refractivity contribution is 5.74. The molecule has 1 rings (SSSR count). The summed E-state index contributed by atoms with van der Waals surface area (Å²) in [5.41, 5.74) is 0. The van der Waals surface area contributed by atoms with Gasteiger partial charge in [-0.3, -0.25) is 14.4 Å². The van der Waals surface area contributed by atoms with Crippen LogP contribution in [0.4, 0.5) is 0 Å². The van der Waals surface area contributed by atoms with Crippen LogP contribution in [0.5, 0.6) is 0 Å². The number of carbonyl (C=O) groups is 4. The number of carboxylic acid groups (broad SMARTS) is 1. The zero-order chi connectivity index (χ0) is 56.1. The fourth-order valence-electron chi connectivity index (χ4n) is 8.09. The number of aliphatic hydroxyl groups excluding tert-OH is 2. The number of rotatable bonds is 48. The number of aliphatic hydroxyl groups is 2. The molecule has 0 amide bonds. The standard InChI is InChI=1S/C65H102O12/c1-4-7-10-13-16-19-22-25-27-28-29-30-32-34-36-39-42-45-48-51-57(66)73-54-56(75-58(67)52-49-46-43-40-37-33-24-21-18-15-12-9-6-3)55-74-65-63(61(70)60(69)62(77-65)64(71)72)76-59(68)53-50-47-44-41-38-35-31-26-23-20-17-14-11-8-5-2/h7-8,10-11,16-17,19-20,25-27,29-31,34,36,38,41-42,45,56,60-63,65,69-70H,4-6,9,12-15,18,21-24,28,32-33,35,37,39-40,43-44,46-55H2,1-3H3,(H,71,72)/b10-7-,11-8-,19-16-,20-17-,27-25-,30-29-,31-26-,36-34-,41-38-,45-42-. The van der Waals surface area contributed by atoms with Crippen molar-refractivity contribution in [1.29, 1.82) is 0 Å². The quantitative estimate of drug-likeness (QED) is 0.0228. The molecule has 0 aromatic rings. The first kappa shape index (κ1) is 70.1. The number of carboxylic acids is 1. The number of esters is 3. The van der Waals surface area contributed by atoms with Crippen LogP contribution in [0.1, 0.15) is 213 Å². The molecule has 1 heterocycles. The molecule has 1 aliphatic heterocycles. The summed E-state index contributed by atoms with van der Waals surface area (Å²) in [5.74, 6) is -3.30.